The molecule has 2 unspecified atom stereocenters. The summed E-state index contributed by atoms with van der Waals surface area (Å²) in [5.41, 5.74) is 0.604. The first-order valence-corrected chi connectivity index (χ1v) is 8.14. The monoisotopic (exact) mass is 312 g/mol. The average Bonchev–Trinajstić information content (AvgIpc) is 2.43. The summed E-state index contributed by atoms with van der Waals surface area (Å²) >= 11 is 6.19. The number of nitrogens with one attached hydrogen (secondary N) is 1. The Balaban J connectivity index is 2.19. The standard InChI is InChI=1S/C17H26ClFN2/c1-5-12(2)16-10-21(17(3,4)11-20-16)9-13-14(18)7-6-8-15(13)19/h6-8,12,16,20H,5,9-11H2,1-4H3. The molecular weight excluding hydrogens is 287 g/mol. The Kier molecular flexibility index (Phi) is 5.29. The SMILES string of the molecule is CCC(C)C1CN(Cc2c(F)cccc2Cl)C(C)(C)CN1. The van der Waals surface area contributed by atoms with Crippen molar-refractivity contribution in [2.75, 3.05) is 13.1 Å². The van der Waals surface area contributed by atoms with E-state index in [2.05, 4.69) is 37.9 Å². The fourth-order valence-electron chi connectivity index (χ4n) is 2.86. The number of nitrogens with zero attached hydrogens (tertiary/aromatic N) is 1. The summed E-state index contributed by atoms with van der Waals surface area (Å²) in [5, 5.41) is 4.15. The molecule has 0 amide bonds. The van der Waals surface area contributed by atoms with E-state index < -0.39 is 0 Å². The molecule has 1 fully saturated rings. The number of hydrogen-bond donors (Lipinski definition) is 1. The first-order chi connectivity index (χ1) is 9.85. The maximum atomic E-state index is 14.1. The fourth-order valence-corrected chi connectivity index (χ4v) is 3.08. The van der Waals surface area contributed by atoms with E-state index in [4.69, 9.17) is 11.6 Å². The van der Waals surface area contributed by atoms with Gasteiger partial charge in [0.2, 0.25) is 0 Å². The minimum atomic E-state index is -0.211. The molecule has 1 heterocycles. The Morgan fingerprint density at radius 2 is 2.19 bits per heavy atom. The van der Waals surface area contributed by atoms with Gasteiger partial charge in [0.15, 0.2) is 0 Å². The van der Waals surface area contributed by atoms with Gasteiger partial charge in [-0.05, 0) is 31.9 Å². The van der Waals surface area contributed by atoms with Gasteiger partial charge in [0.25, 0.3) is 0 Å². The van der Waals surface area contributed by atoms with Crippen LogP contribution in [-0.4, -0.2) is 29.6 Å². The average molecular weight is 313 g/mol. The van der Waals surface area contributed by atoms with E-state index in [0.29, 0.717) is 29.1 Å². The number of benzene rings is 1. The Morgan fingerprint density at radius 3 is 2.81 bits per heavy atom. The predicted molar refractivity (Wildman–Crippen MR) is 87.1 cm³/mol. The van der Waals surface area contributed by atoms with Crippen LogP contribution in [0.15, 0.2) is 18.2 Å². The van der Waals surface area contributed by atoms with Gasteiger partial charge in [0.1, 0.15) is 5.82 Å². The molecule has 2 nitrogen and oxygen atoms in total. The molecule has 0 radical (unpaired) electrons. The second-order valence-corrected chi connectivity index (χ2v) is 7.17. The van der Waals surface area contributed by atoms with Crippen LogP contribution in [0.25, 0.3) is 0 Å². The minimum absolute atomic E-state index is 0.00439. The zero-order chi connectivity index (χ0) is 15.6. The van der Waals surface area contributed by atoms with Crippen LogP contribution in [0.1, 0.15) is 39.7 Å². The highest BCUT2D eigenvalue weighted by atomic mass is 35.5. The molecule has 1 aliphatic heterocycles. The zero-order valence-corrected chi connectivity index (χ0v) is 14.2. The van der Waals surface area contributed by atoms with E-state index in [0.717, 1.165) is 19.5 Å². The van der Waals surface area contributed by atoms with Crippen molar-refractivity contribution < 1.29 is 4.39 Å². The second-order valence-electron chi connectivity index (χ2n) is 6.77. The lowest BCUT2D eigenvalue weighted by Gasteiger charge is -2.47. The normalized spacial score (nSPS) is 24.0. The molecule has 4 heteroatoms. The van der Waals surface area contributed by atoms with Crippen LogP contribution in [-0.2, 0) is 6.54 Å². The van der Waals surface area contributed by atoms with Crippen molar-refractivity contribution in [3.05, 3.63) is 34.6 Å². The Bertz CT molecular complexity index is 469. The maximum absolute atomic E-state index is 14.1. The van der Waals surface area contributed by atoms with E-state index >= 15 is 0 Å². The third-order valence-electron chi connectivity index (χ3n) is 4.81. The van der Waals surface area contributed by atoms with Crippen molar-refractivity contribution in [1.29, 1.82) is 0 Å². The summed E-state index contributed by atoms with van der Waals surface area (Å²) < 4.78 is 14.1. The number of halogens is 2. The third-order valence-corrected chi connectivity index (χ3v) is 5.17. The molecule has 2 rings (SSSR count). The predicted octanol–water partition coefficient (Wildman–Crippen LogP) is 4.08. The largest absolute Gasteiger partial charge is 0.311 e. The van der Waals surface area contributed by atoms with E-state index in [1.54, 1.807) is 12.1 Å². The molecular formula is C17H26ClFN2. The van der Waals surface area contributed by atoms with Gasteiger partial charge in [-0.2, -0.15) is 0 Å². The maximum Gasteiger partial charge on any atom is 0.129 e. The van der Waals surface area contributed by atoms with Crippen LogP contribution < -0.4 is 5.32 Å². The van der Waals surface area contributed by atoms with Gasteiger partial charge >= 0.3 is 0 Å². The summed E-state index contributed by atoms with van der Waals surface area (Å²) in [6, 6.07) is 5.36. The zero-order valence-electron chi connectivity index (χ0n) is 13.4. The van der Waals surface area contributed by atoms with Crippen LogP contribution in [0, 0.1) is 11.7 Å². The highest BCUT2D eigenvalue weighted by Gasteiger charge is 2.35. The van der Waals surface area contributed by atoms with Crippen molar-refractivity contribution in [2.24, 2.45) is 5.92 Å². The molecule has 2 atom stereocenters. The highest BCUT2D eigenvalue weighted by molar-refractivity contribution is 6.31. The van der Waals surface area contributed by atoms with Gasteiger partial charge in [0, 0.05) is 41.8 Å². The summed E-state index contributed by atoms with van der Waals surface area (Å²) in [6.07, 6.45) is 1.15. The van der Waals surface area contributed by atoms with E-state index in [1.165, 1.54) is 6.07 Å². The first-order valence-electron chi connectivity index (χ1n) is 7.76. The van der Waals surface area contributed by atoms with Crippen molar-refractivity contribution >= 4 is 11.6 Å². The number of hydrogen-bond acceptors (Lipinski definition) is 2. The van der Waals surface area contributed by atoms with E-state index in [9.17, 15) is 4.39 Å². The molecule has 1 aromatic rings. The van der Waals surface area contributed by atoms with Crippen LogP contribution in [0.4, 0.5) is 4.39 Å². The minimum Gasteiger partial charge on any atom is -0.311 e. The smallest absolute Gasteiger partial charge is 0.129 e. The van der Waals surface area contributed by atoms with Crippen molar-refractivity contribution in [1.82, 2.24) is 10.2 Å². The van der Waals surface area contributed by atoms with Gasteiger partial charge in [0.05, 0.1) is 0 Å². The molecule has 1 N–H and O–H groups in total. The lowest BCUT2D eigenvalue weighted by Crippen LogP contribution is -2.62. The molecule has 1 saturated heterocycles. The van der Waals surface area contributed by atoms with Crippen molar-refractivity contribution in [3.8, 4) is 0 Å². The lowest BCUT2D eigenvalue weighted by molar-refractivity contribution is 0.0440. The van der Waals surface area contributed by atoms with Crippen molar-refractivity contribution in [3.63, 3.8) is 0 Å². The van der Waals surface area contributed by atoms with Crippen molar-refractivity contribution in [2.45, 2.75) is 52.2 Å². The van der Waals surface area contributed by atoms with E-state index in [1.807, 2.05) is 0 Å². The second kappa shape index (κ2) is 6.64. The Morgan fingerprint density at radius 1 is 1.48 bits per heavy atom. The third kappa shape index (κ3) is 3.77. The Labute approximate surface area is 132 Å². The number of rotatable bonds is 4. The van der Waals surface area contributed by atoms with E-state index in [-0.39, 0.29) is 11.4 Å². The topological polar surface area (TPSA) is 15.3 Å². The molecule has 118 valence electrons. The summed E-state index contributed by atoms with van der Waals surface area (Å²) in [5.74, 6) is 0.400. The van der Waals surface area contributed by atoms with Gasteiger partial charge < -0.3 is 5.32 Å². The molecule has 1 aromatic carbocycles. The first kappa shape index (κ1) is 16.7. The fraction of sp³-hybridized carbons (Fsp3) is 0.647. The van der Waals surface area contributed by atoms with Gasteiger partial charge in [-0.3, -0.25) is 4.90 Å². The van der Waals surface area contributed by atoms with Crippen LogP contribution >= 0.6 is 11.6 Å². The molecule has 0 bridgehead atoms. The van der Waals surface area contributed by atoms with Crippen LogP contribution in [0.3, 0.4) is 0 Å². The summed E-state index contributed by atoms with van der Waals surface area (Å²) in [7, 11) is 0. The van der Waals surface area contributed by atoms with Crippen LogP contribution in [0.2, 0.25) is 5.02 Å². The summed E-state index contributed by atoms with van der Waals surface area (Å²) in [4.78, 5) is 2.35. The molecule has 0 aliphatic carbocycles. The quantitative estimate of drug-likeness (QED) is 0.901. The lowest BCUT2D eigenvalue weighted by atomic mass is 9.90. The van der Waals surface area contributed by atoms with Gasteiger partial charge in [-0.15, -0.1) is 0 Å². The Hall–Kier alpha value is -0.640. The summed E-state index contributed by atoms with van der Waals surface area (Å²) in [6.45, 7) is 11.3. The van der Waals surface area contributed by atoms with Gasteiger partial charge in [-0.25, -0.2) is 4.39 Å². The van der Waals surface area contributed by atoms with Crippen LogP contribution in [0.5, 0.6) is 0 Å². The molecule has 0 saturated carbocycles. The molecule has 1 aliphatic rings. The highest BCUT2D eigenvalue weighted by Crippen LogP contribution is 2.28. The van der Waals surface area contributed by atoms with Gasteiger partial charge in [-0.1, -0.05) is 37.9 Å². The molecule has 0 aromatic heterocycles. The molecule has 21 heavy (non-hydrogen) atoms. The number of piperazine rings is 1. The molecule has 0 spiro atoms.